The fourth-order valence-electron chi connectivity index (χ4n) is 3.81. The van der Waals surface area contributed by atoms with E-state index in [0.29, 0.717) is 37.9 Å². The molecule has 0 radical (unpaired) electrons. The molecule has 2 aliphatic rings. The Morgan fingerprint density at radius 2 is 2.00 bits per heavy atom. The summed E-state index contributed by atoms with van der Waals surface area (Å²) in [5.74, 6) is -0.252. The minimum Gasteiger partial charge on any atom is -0.478 e. The highest BCUT2D eigenvalue weighted by molar-refractivity contribution is 5.88. The standard InChI is InChI=1S/C20H23N5O3/c26-20(27)17-9-21-25(18(17)13-23-5-7-28-8-6-23)12-16-11-24-10-15(14-1-2-14)3-4-19(24)22-16/h3-4,9-11,14H,1-2,5-8,12-13H2,(H,26,27). The van der Waals surface area contributed by atoms with Gasteiger partial charge in [-0.1, -0.05) is 6.07 Å². The highest BCUT2D eigenvalue weighted by Gasteiger charge is 2.24. The molecule has 3 aromatic rings. The minimum absolute atomic E-state index is 0.256. The molecule has 0 atom stereocenters. The molecule has 28 heavy (non-hydrogen) atoms. The van der Waals surface area contributed by atoms with Crippen LogP contribution < -0.4 is 0 Å². The van der Waals surface area contributed by atoms with E-state index in [-0.39, 0.29) is 5.56 Å². The van der Waals surface area contributed by atoms with Crippen LogP contribution in [0.2, 0.25) is 0 Å². The van der Waals surface area contributed by atoms with Gasteiger partial charge in [0.15, 0.2) is 0 Å². The zero-order chi connectivity index (χ0) is 19.1. The van der Waals surface area contributed by atoms with Crippen molar-refractivity contribution in [3.8, 4) is 0 Å². The van der Waals surface area contributed by atoms with Crippen molar-refractivity contribution >= 4 is 11.6 Å². The molecule has 1 aliphatic heterocycles. The van der Waals surface area contributed by atoms with Crippen molar-refractivity contribution < 1.29 is 14.6 Å². The number of aromatic carboxylic acids is 1. The van der Waals surface area contributed by atoms with Gasteiger partial charge in [0.1, 0.15) is 11.2 Å². The van der Waals surface area contributed by atoms with E-state index in [1.54, 1.807) is 4.68 Å². The summed E-state index contributed by atoms with van der Waals surface area (Å²) in [4.78, 5) is 18.6. The van der Waals surface area contributed by atoms with Gasteiger partial charge >= 0.3 is 5.97 Å². The number of pyridine rings is 1. The molecule has 146 valence electrons. The first kappa shape index (κ1) is 17.4. The van der Waals surface area contributed by atoms with Gasteiger partial charge in [-0.15, -0.1) is 0 Å². The van der Waals surface area contributed by atoms with Gasteiger partial charge in [0, 0.05) is 32.0 Å². The SMILES string of the molecule is O=C(O)c1cnn(Cc2cn3cc(C4CC4)ccc3n2)c1CN1CCOCC1. The smallest absolute Gasteiger partial charge is 0.339 e. The maximum Gasteiger partial charge on any atom is 0.339 e. The predicted octanol–water partition coefficient (Wildman–Crippen LogP) is 1.99. The predicted molar refractivity (Wildman–Crippen MR) is 102 cm³/mol. The molecule has 1 N–H and O–H groups in total. The number of aromatic nitrogens is 4. The third kappa shape index (κ3) is 3.41. The van der Waals surface area contributed by atoms with E-state index in [0.717, 1.165) is 24.4 Å². The second-order valence-electron chi connectivity index (χ2n) is 7.59. The Kier molecular flexibility index (Phi) is 4.37. The number of hydrogen-bond acceptors (Lipinski definition) is 5. The quantitative estimate of drug-likeness (QED) is 0.703. The molecule has 0 aromatic carbocycles. The van der Waals surface area contributed by atoms with Crippen molar-refractivity contribution in [1.82, 2.24) is 24.1 Å². The molecule has 3 aromatic heterocycles. The van der Waals surface area contributed by atoms with Crippen molar-refractivity contribution in [3.05, 3.63) is 53.2 Å². The lowest BCUT2D eigenvalue weighted by Crippen LogP contribution is -2.36. The number of nitrogens with zero attached hydrogens (tertiary/aromatic N) is 5. The van der Waals surface area contributed by atoms with Crippen molar-refractivity contribution in [2.45, 2.75) is 31.8 Å². The molecular formula is C20H23N5O3. The van der Waals surface area contributed by atoms with E-state index in [9.17, 15) is 9.90 Å². The first-order valence-electron chi connectivity index (χ1n) is 9.73. The van der Waals surface area contributed by atoms with Crippen LogP contribution in [0, 0.1) is 0 Å². The van der Waals surface area contributed by atoms with Gasteiger partial charge in [-0.25, -0.2) is 9.78 Å². The summed E-state index contributed by atoms with van der Waals surface area (Å²) in [6.45, 7) is 3.93. The van der Waals surface area contributed by atoms with Crippen LogP contribution in [0.3, 0.4) is 0 Å². The monoisotopic (exact) mass is 381 g/mol. The Hall–Kier alpha value is -2.71. The van der Waals surface area contributed by atoms with E-state index in [2.05, 4.69) is 32.7 Å². The van der Waals surface area contributed by atoms with Gasteiger partial charge in [-0.2, -0.15) is 5.10 Å². The van der Waals surface area contributed by atoms with Crippen LogP contribution in [0.25, 0.3) is 5.65 Å². The van der Waals surface area contributed by atoms with Crippen molar-refractivity contribution in [3.63, 3.8) is 0 Å². The molecule has 8 nitrogen and oxygen atoms in total. The van der Waals surface area contributed by atoms with Crippen LogP contribution in [0.15, 0.2) is 30.7 Å². The fourth-order valence-corrected chi connectivity index (χ4v) is 3.81. The average molecular weight is 381 g/mol. The molecule has 1 saturated carbocycles. The van der Waals surface area contributed by atoms with Crippen LogP contribution in [-0.2, 0) is 17.8 Å². The van der Waals surface area contributed by atoms with E-state index >= 15 is 0 Å². The van der Waals surface area contributed by atoms with Gasteiger partial charge in [-0.3, -0.25) is 9.58 Å². The van der Waals surface area contributed by atoms with E-state index in [1.807, 2.05) is 6.20 Å². The van der Waals surface area contributed by atoms with Crippen LogP contribution >= 0.6 is 0 Å². The molecule has 1 saturated heterocycles. The van der Waals surface area contributed by atoms with Crippen LogP contribution in [0.5, 0.6) is 0 Å². The zero-order valence-corrected chi connectivity index (χ0v) is 15.6. The summed E-state index contributed by atoms with van der Waals surface area (Å²) in [5.41, 5.74) is 4.10. The zero-order valence-electron chi connectivity index (χ0n) is 15.6. The third-order valence-electron chi connectivity index (χ3n) is 5.54. The van der Waals surface area contributed by atoms with E-state index in [4.69, 9.17) is 9.72 Å². The van der Waals surface area contributed by atoms with Gasteiger partial charge in [0.05, 0.1) is 37.3 Å². The number of morpholine rings is 1. The Morgan fingerprint density at radius 3 is 2.75 bits per heavy atom. The molecule has 0 spiro atoms. The Morgan fingerprint density at radius 1 is 1.18 bits per heavy atom. The van der Waals surface area contributed by atoms with Gasteiger partial charge in [0.2, 0.25) is 0 Å². The molecule has 5 rings (SSSR count). The van der Waals surface area contributed by atoms with Crippen molar-refractivity contribution in [2.24, 2.45) is 0 Å². The van der Waals surface area contributed by atoms with Gasteiger partial charge in [-0.05, 0) is 30.4 Å². The lowest BCUT2D eigenvalue weighted by atomic mass is 10.2. The lowest BCUT2D eigenvalue weighted by molar-refractivity contribution is 0.0328. The number of rotatable bonds is 6. The summed E-state index contributed by atoms with van der Waals surface area (Å²) < 4.78 is 9.22. The van der Waals surface area contributed by atoms with Crippen LogP contribution in [-0.4, -0.2) is 61.4 Å². The summed E-state index contributed by atoms with van der Waals surface area (Å²) in [6.07, 6.45) is 8.15. The Balaban J connectivity index is 1.42. The number of carboxylic acid groups (broad SMARTS) is 1. The van der Waals surface area contributed by atoms with Crippen molar-refractivity contribution in [2.75, 3.05) is 26.3 Å². The van der Waals surface area contributed by atoms with Crippen LogP contribution in [0.4, 0.5) is 0 Å². The molecule has 4 heterocycles. The first-order chi connectivity index (χ1) is 13.7. The normalized spacial score (nSPS) is 18.0. The highest BCUT2D eigenvalue weighted by Crippen LogP contribution is 2.39. The largest absolute Gasteiger partial charge is 0.478 e. The summed E-state index contributed by atoms with van der Waals surface area (Å²) in [6, 6.07) is 4.21. The number of carboxylic acids is 1. The number of imidazole rings is 1. The second-order valence-corrected chi connectivity index (χ2v) is 7.59. The molecule has 0 unspecified atom stereocenters. The third-order valence-corrected chi connectivity index (χ3v) is 5.54. The molecule has 2 fully saturated rings. The van der Waals surface area contributed by atoms with Crippen LogP contribution in [0.1, 0.15) is 46.1 Å². The molecule has 8 heteroatoms. The molecule has 0 amide bonds. The summed E-state index contributed by atoms with van der Waals surface area (Å²) >= 11 is 0. The maximum atomic E-state index is 11.7. The number of carbonyl (C=O) groups is 1. The fraction of sp³-hybridized carbons (Fsp3) is 0.450. The lowest BCUT2D eigenvalue weighted by Gasteiger charge is -2.26. The highest BCUT2D eigenvalue weighted by atomic mass is 16.5. The average Bonchev–Trinajstić information content (AvgIpc) is 3.36. The molecular weight excluding hydrogens is 358 g/mol. The van der Waals surface area contributed by atoms with E-state index < -0.39 is 5.97 Å². The number of ether oxygens (including phenoxy) is 1. The van der Waals surface area contributed by atoms with Gasteiger partial charge in [0.25, 0.3) is 0 Å². The van der Waals surface area contributed by atoms with Crippen molar-refractivity contribution in [1.29, 1.82) is 0 Å². The Bertz CT molecular complexity index is 1010. The second kappa shape index (κ2) is 7.03. The topological polar surface area (TPSA) is 84.9 Å². The maximum absolute atomic E-state index is 11.7. The van der Waals surface area contributed by atoms with Gasteiger partial charge < -0.3 is 14.2 Å². The minimum atomic E-state index is -0.946. The first-order valence-corrected chi connectivity index (χ1v) is 9.73. The molecule has 1 aliphatic carbocycles. The van der Waals surface area contributed by atoms with E-state index in [1.165, 1.54) is 24.6 Å². The number of fused-ring (bicyclic) bond motifs is 1. The Labute approximate surface area is 162 Å². The summed E-state index contributed by atoms with van der Waals surface area (Å²) in [5, 5.41) is 13.9. The number of hydrogen-bond donors (Lipinski definition) is 1. The summed E-state index contributed by atoms with van der Waals surface area (Å²) in [7, 11) is 0. The molecule has 0 bridgehead atoms.